The van der Waals surface area contributed by atoms with Crippen molar-refractivity contribution < 1.29 is 19.4 Å². The first-order valence-corrected chi connectivity index (χ1v) is 9.12. The summed E-state index contributed by atoms with van der Waals surface area (Å²) in [6.07, 6.45) is 0.598. The Kier molecular flexibility index (Phi) is 6.29. The highest BCUT2D eigenvalue weighted by molar-refractivity contribution is 5.87. The molecule has 1 N–H and O–H groups in total. The molecule has 1 heterocycles. The standard InChI is InChI=1S/C20H30N2O4/c1-14-12-21(19(25)26-20(3,4)5)13-15(2)22(14)11-10-16-6-8-17(9-7-16)18(23)24/h6-9,14-15H,10-13H2,1-5H3,(H,23,24)/t14-,15+. The Balaban J connectivity index is 1.91. The second-order valence-electron chi connectivity index (χ2n) is 8.07. The highest BCUT2D eigenvalue weighted by atomic mass is 16.6. The van der Waals surface area contributed by atoms with Crippen LogP contribution in [0.4, 0.5) is 4.79 Å². The fourth-order valence-electron chi connectivity index (χ4n) is 3.35. The largest absolute Gasteiger partial charge is 0.478 e. The molecule has 1 aromatic carbocycles. The summed E-state index contributed by atoms with van der Waals surface area (Å²) in [6.45, 7) is 12.1. The first-order valence-electron chi connectivity index (χ1n) is 9.12. The van der Waals surface area contributed by atoms with Crippen molar-refractivity contribution in [2.24, 2.45) is 0 Å². The van der Waals surface area contributed by atoms with Crippen LogP contribution in [0.5, 0.6) is 0 Å². The third-order valence-corrected chi connectivity index (χ3v) is 4.61. The molecule has 26 heavy (non-hydrogen) atoms. The summed E-state index contributed by atoms with van der Waals surface area (Å²) in [6, 6.07) is 7.51. The maximum absolute atomic E-state index is 12.3. The van der Waals surface area contributed by atoms with Gasteiger partial charge in [-0.1, -0.05) is 12.1 Å². The van der Waals surface area contributed by atoms with Crippen molar-refractivity contribution >= 4 is 12.1 Å². The zero-order chi connectivity index (χ0) is 19.5. The van der Waals surface area contributed by atoms with Crippen LogP contribution in [0.25, 0.3) is 0 Å². The number of hydrogen-bond acceptors (Lipinski definition) is 4. The van der Waals surface area contributed by atoms with Crippen LogP contribution in [0.15, 0.2) is 24.3 Å². The van der Waals surface area contributed by atoms with Gasteiger partial charge in [0, 0.05) is 31.7 Å². The summed E-state index contributed by atoms with van der Waals surface area (Å²) < 4.78 is 5.49. The molecule has 1 fully saturated rings. The molecule has 6 heteroatoms. The Bertz CT molecular complexity index is 624. The zero-order valence-electron chi connectivity index (χ0n) is 16.4. The highest BCUT2D eigenvalue weighted by Gasteiger charge is 2.33. The van der Waals surface area contributed by atoms with Crippen LogP contribution in [-0.2, 0) is 11.2 Å². The van der Waals surface area contributed by atoms with Gasteiger partial charge < -0.3 is 14.7 Å². The molecule has 2 atom stereocenters. The molecule has 144 valence electrons. The van der Waals surface area contributed by atoms with E-state index in [2.05, 4.69) is 18.7 Å². The monoisotopic (exact) mass is 362 g/mol. The third-order valence-electron chi connectivity index (χ3n) is 4.61. The number of hydrogen-bond donors (Lipinski definition) is 1. The molecule has 1 amide bonds. The van der Waals surface area contributed by atoms with Crippen molar-refractivity contribution in [2.45, 2.75) is 58.7 Å². The number of rotatable bonds is 4. The van der Waals surface area contributed by atoms with Crippen molar-refractivity contribution in [3.05, 3.63) is 35.4 Å². The minimum absolute atomic E-state index is 0.240. The van der Waals surface area contributed by atoms with Gasteiger partial charge in [0.05, 0.1) is 5.56 Å². The maximum Gasteiger partial charge on any atom is 0.410 e. The molecule has 0 radical (unpaired) electrons. The summed E-state index contributed by atoms with van der Waals surface area (Å²) >= 11 is 0. The predicted molar refractivity (Wildman–Crippen MR) is 101 cm³/mol. The summed E-state index contributed by atoms with van der Waals surface area (Å²) in [5.74, 6) is -0.906. The second-order valence-corrected chi connectivity index (χ2v) is 8.07. The average molecular weight is 362 g/mol. The molecule has 0 bridgehead atoms. The summed E-state index contributed by atoms with van der Waals surface area (Å²) in [5, 5.41) is 8.97. The van der Waals surface area contributed by atoms with Crippen LogP contribution in [0, 0.1) is 0 Å². The van der Waals surface area contributed by atoms with Crippen molar-refractivity contribution in [1.29, 1.82) is 0 Å². The Hall–Kier alpha value is -2.08. The predicted octanol–water partition coefficient (Wildman–Crippen LogP) is 3.26. The number of piperazine rings is 1. The smallest absolute Gasteiger partial charge is 0.410 e. The van der Waals surface area contributed by atoms with E-state index in [1.165, 1.54) is 0 Å². The topological polar surface area (TPSA) is 70.1 Å². The number of carbonyl (C=O) groups excluding carboxylic acids is 1. The van der Waals surface area contributed by atoms with Gasteiger partial charge in [-0.2, -0.15) is 0 Å². The van der Waals surface area contributed by atoms with Crippen molar-refractivity contribution in [1.82, 2.24) is 9.80 Å². The molecule has 0 unspecified atom stereocenters. The van der Waals surface area contributed by atoms with Crippen LogP contribution in [0.2, 0.25) is 0 Å². The molecule has 1 aliphatic heterocycles. The Morgan fingerprint density at radius 3 is 2.12 bits per heavy atom. The molecule has 1 saturated heterocycles. The van der Waals surface area contributed by atoms with E-state index in [0.717, 1.165) is 18.5 Å². The number of carbonyl (C=O) groups is 2. The van der Waals surface area contributed by atoms with Crippen LogP contribution in [0.3, 0.4) is 0 Å². The highest BCUT2D eigenvalue weighted by Crippen LogP contribution is 2.19. The first kappa shape index (κ1) is 20.2. The number of carboxylic acid groups (broad SMARTS) is 1. The minimum Gasteiger partial charge on any atom is -0.478 e. The van der Waals surface area contributed by atoms with Crippen LogP contribution < -0.4 is 0 Å². The van der Waals surface area contributed by atoms with Crippen LogP contribution in [-0.4, -0.2) is 64.3 Å². The summed E-state index contributed by atoms with van der Waals surface area (Å²) in [4.78, 5) is 27.4. The molecule has 1 aromatic rings. The third kappa shape index (κ3) is 5.46. The first-order chi connectivity index (χ1) is 12.1. The number of benzene rings is 1. The Morgan fingerprint density at radius 1 is 1.12 bits per heavy atom. The molecule has 0 aliphatic carbocycles. The molecule has 1 aliphatic rings. The van der Waals surface area contributed by atoms with E-state index in [1.807, 2.05) is 32.9 Å². The van der Waals surface area contributed by atoms with E-state index in [9.17, 15) is 9.59 Å². The molecular formula is C20H30N2O4. The SMILES string of the molecule is C[C@@H]1CN(C(=O)OC(C)(C)C)C[C@H](C)N1CCc1ccc(C(=O)O)cc1. The van der Waals surface area contributed by atoms with E-state index in [4.69, 9.17) is 9.84 Å². The number of nitrogens with zero attached hydrogens (tertiary/aromatic N) is 2. The van der Waals surface area contributed by atoms with Gasteiger partial charge in [-0.05, 0) is 58.7 Å². The van der Waals surface area contributed by atoms with Gasteiger partial charge in [0.1, 0.15) is 5.60 Å². The molecular weight excluding hydrogens is 332 g/mol. The molecule has 0 aromatic heterocycles. The van der Waals surface area contributed by atoms with Crippen LogP contribution >= 0.6 is 0 Å². The molecule has 2 rings (SSSR count). The number of ether oxygens (including phenoxy) is 1. The average Bonchev–Trinajstić information content (AvgIpc) is 2.52. The van der Waals surface area contributed by atoms with Gasteiger partial charge in [0.2, 0.25) is 0 Å². The Morgan fingerprint density at radius 2 is 1.65 bits per heavy atom. The van der Waals surface area contributed by atoms with Gasteiger partial charge in [0.15, 0.2) is 0 Å². The number of amides is 1. The lowest BCUT2D eigenvalue weighted by Gasteiger charge is -2.44. The van der Waals surface area contributed by atoms with Gasteiger partial charge in [0.25, 0.3) is 0 Å². The lowest BCUT2D eigenvalue weighted by molar-refractivity contribution is -0.00721. The summed E-state index contributed by atoms with van der Waals surface area (Å²) in [5.41, 5.74) is 0.938. The van der Waals surface area contributed by atoms with E-state index >= 15 is 0 Å². The molecule has 6 nitrogen and oxygen atoms in total. The quantitative estimate of drug-likeness (QED) is 0.890. The lowest BCUT2D eigenvalue weighted by atomic mass is 10.0. The van der Waals surface area contributed by atoms with E-state index in [0.29, 0.717) is 18.7 Å². The maximum atomic E-state index is 12.3. The second kappa shape index (κ2) is 8.08. The normalized spacial score (nSPS) is 21.5. The van der Waals surface area contributed by atoms with Crippen LogP contribution in [0.1, 0.15) is 50.5 Å². The van der Waals surface area contributed by atoms with Gasteiger partial charge in [-0.15, -0.1) is 0 Å². The fourth-order valence-corrected chi connectivity index (χ4v) is 3.35. The number of aromatic carboxylic acids is 1. The summed E-state index contributed by atoms with van der Waals surface area (Å²) in [7, 11) is 0. The van der Waals surface area contributed by atoms with Crippen molar-refractivity contribution in [2.75, 3.05) is 19.6 Å². The van der Waals surface area contributed by atoms with E-state index in [1.54, 1.807) is 17.0 Å². The zero-order valence-corrected chi connectivity index (χ0v) is 16.4. The lowest BCUT2D eigenvalue weighted by Crippen LogP contribution is -2.58. The molecule has 0 spiro atoms. The van der Waals surface area contributed by atoms with Gasteiger partial charge in [-0.25, -0.2) is 9.59 Å². The fraction of sp³-hybridized carbons (Fsp3) is 0.600. The Labute approximate surface area is 155 Å². The number of carboxylic acids is 1. The molecule has 0 saturated carbocycles. The van der Waals surface area contributed by atoms with E-state index in [-0.39, 0.29) is 18.2 Å². The van der Waals surface area contributed by atoms with Gasteiger partial charge in [-0.3, -0.25) is 4.90 Å². The van der Waals surface area contributed by atoms with Crippen molar-refractivity contribution in [3.63, 3.8) is 0 Å². The van der Waals surface area contributed by atoms with E-state index < -0.39 is 11.6 Å². The van der Waals surface area contributed by atoms with Crippen molar-refractivity contribution in [3.8, 4) is 0 Å². The van der Waals surface area contributed by atoms with Gasteiger partial charge >= 0.3 is 12.1 Å². The minimum atomic E-state index is -0.906.